The normalized spacial score (nSPS) is 14.6. The molecule has 5 heterocycles. The van der Waals surface area contributed by atoms with Gasteiger partial charge >= 0.3 is 0 Å². The first-order valence-electron chi connectivity index (χ1n) is 28.5. The van der Waals surface area contributed by atoms with Crippen molar-refractivity contribution in [1.82, 2.24) is 18.7 Å². The van der Waals surface area contributed by atoms with Crippen LogP contribution in [0.3, 0.4) is 0 Å². The quantitative estimate of drug-likeness (QED) is 0.107. The fourth-order valence-corrected chi connectivity index (χ4v) is 10.4. The molecule has 0 unspecified atom stereocenters. The maximum absolute atomic E-state index is 9.13. The number of nitrogens with zero attached hydrogens (tertiary/aromatic N) is 6. The van der Waals surface area contributed by atoms with E-state index < -0.39 is 60.4 Å². The number of rotatable bonds is 9. The molecule has 0 radical (unpaired) electrons. The van der Waals surface area contributed by atoms with E-state index in [9.17, 15) is 0 Å². The van der Waals surface area contributed by atoms with Crippen LogP contribution in [0.25, 0.3) is 99.8 Å². The standard InChI is InChI=1S/C64H44N6O.Pt/c1-3-19-44(20-4-1)49-28-18-29-50(45-21-5-2-6-22-45)64(49)68-43-67(58-33-13-14-34-59(58)68)47-23-17-24-48(39-47)71-62-42-60-54(41-61(62)69-55-30-10-7-25-51(55)52-26-8-11-31-56(52)69)53-27-9-12-32-57(53)70(60)63-40-46(35-36-65-63)66-37-15-16-38-66;/h1-14,17-36,40-41H,15-16,37-38H2;/q-2;/i1D,2D,3D,4D,5D,6D,19D,20D,21D,22D;. The summed E-state index contributed by atoms with van der Waals surface area (Å²) in [6.07, 6.45) is 7.61. The van der Waals surface area contributed by atoms with Crippen molar-refractivity contribution in [2.24, 2.45) is 0 Å². The predicted molar refractivity (Wildman–Crippen MR) is 287 cm³/mol. The molecular weight excluding hydrogens is 1060 g/mol. The van der Waals surface area contributed by atoms with Crippen LogP contribution in [-0.4, -0.2) is 31.8 Å². The molecule has 348 valence electrons. The number of fused-ring (bicyclic) bond motifs is 7. The first-order valence-corrected chi connectivity index (χ1v) is 23.5. The Bertz CT molecular complexity index is 4600. The molecule has 1 saturated heterocycles. The summed E-state index contributed by atoms with van der Waals surface area (Å²) in [5.74, 6) is 1.49. The molecule has 4 aromatic heterocycles. The van der Waals surface area contributed by atoms with Crippen molar-refractivity contribution in [3.05, 3.63) is 237 Å². The van der Waals surface area contributed by atoms with Gasteiger partial charge in [-0.3, -0.25) is 4.57 Å². The first-order chi connectivity index (χ1) is 39.4. The third-order valence-electron chi connectivity index (χ3n) is 13.5. The summed E-state index contributed by atoms with van der Waals surface area (Å²) in [7, 11) is 0. The Balaban J connectivity index is 0.00000631. The van der Waals surface area contributed by atoms with E-state index in [-0.39, 0.29) is 49.0 Å². The number of ether oxygens (including phenoxy) is 1. The molecule has 7 nitrogen and oxygen atoms in total. The van der Waals surface area contributed by atoms with E-state index in [1.165, 1.54) is 0 Å². The third kappa shape index (κ3) is 7.22. The second kappa shape index (κ2) is 18.0. The van der Waals surface area contributed by atoms with E-state index >= 15 is 0 Å². The molecule has 13 aromatic rings. The summed E-state index contributed by atoms with van der Waals surface area (Å²) in [5.41, 5.74) is 7.25. The Morgan fingerprint density at radius 2 is 1.14 bits per heavy atom. The second-order valence-electron chi connectivity index (χ2n) is 17.5. The summed E-state index contributed by atoms with van der Waals surface area (Å²) in [5, 5.41) is 4.12. The number of para-hydroxylation sites is 6. The van der Waals surface area contributed by atoms with Gasteiger partial charge in [-0.25, -0.2) is 4.98 Å². The van der Waals surface area contributed by atoms with Crippen LogP contribution >= 0.6 is 0 Å². The number of anilines is 1. The molecule has 0 atom stereocenters. The molecule has 1 fully saturated rings. The summed E-state index contributed by atoms with van der Waals surface area (Å²) in [6, 6.07) is 50.9. The van der Waals surface area contributed by atoms with Gasteiger partial charge < -0.3 is 23.3 Å². The fraction of sp³-hybridized carbons (Fsp3) is 0.0625. The number of hydrogen-bond acceptors (Lipinski definition) is 3. The number of hydrogen-bond donors (Lipinski definition) is 0. The van der Waals surface area contributed by atoms with Crippen molar-refractivity contribution >= 4 is 60.3 Å². The van der Waals surface area contributed by atoms with Crippen LogP contribution < -0.4 is 14.2 Å². The van der Waals surface area contributed by atoms with E-state index in [1.807, 2.05) is 85.1 Å². The van der Waals surface area contributed by atoms with Gasteiger partial charge in [0.1, 0.15) is 5.82 Å². The van der Waals surface area contributed by atoms with Gasteiger partial charge in [0.2, 0.25) is 0 Å². The minimum Gasteiger partial charge on any atom is -0.508 e. The molecule has 14 rings (SSSR count). The zero-order valence-corrected chi connectivity index (χ0v) is 40.5. The molecule has 1 aliphatic heterocycles. The van der Waals surface area contributed by atoms with Crippen LogP contribution in [0.15, 0.2) is 218 Å². The zero-order valence-electron chi connectivity index (χ0n) is 48.2. The van der Waals surface area contributed by atoms with Gasteiger partial charge in [-0.1, -0.05) is 168 Å². The van der Waals surface area contributed by atoms with Crippen molar-refractivity contribution in [2.45, 2.75) is 12.8 Å². The largest absolute Gasteiger partial charge is 0.508 e. The summed E-state index contributed by atoms with van der Waals surface area (Å²) >= 11 is 0. The number of aromatic nitrogens is 5. The minimum atomic E-state index is -0.577. The minimum absolute atomic E-state index is 0. The maximum Gasteiger partial charge on any atom is 0.268 e. The number of benzene rings is 9. The summed E-state index contributed by atoms with van der Waals surface area (Å²) < 4.78 is 103. The molecule has 0 spiro atoms. The number of pyridine rings is 1. The van der Waals surface area contributed by atoms with E-state index in [0.29, 0.717) is 28.2 Å². The van der Waals surface area contributed by atoms with Crippen LogP contribution in [0.1, 0.15) is 26.5 Å². The van der Waals surface area contributed by atoms with Crippen LogP contribution in [0, 0.1) is 18.5 Å². The Kier molecular flexibility index (Phi) is 8.49. The van der Waals surface area contributed by atoms with Crippen LogP contribution in [0.5, 0.6) is 11.5 Å². The van der Waals surface area contributed by atoms with Crippen LogP contribution in [0.4, 0.5) is 5.69 Å². The van der Waals surface area contributed by atoms with E-state index in [1.54, 1.807) is 27.3 Å². The van der Waals surface area contributed by atoms with E-state index in [2.05, 4.69) is 87.1 Å². The fourth-order valence-electron chi connectivity index (χ4n) is 10.4. The van der Waals surface area contributed by atoms with E-state index in [0.717, 1.165) is 86.7 Å². The summed E-state index contributed by atoms with van der Waals surface area (Å²) in [4.78, 5) is 7.36. The molecule has 1 aliphatic rings. The van der Waals surface area contributed by atoms with Gasteiger partial charge in [0.15, 0.2) is 0 Å². The van der Waals surface area contributed by atoms with Crippen molar-refractivity contribution in [1.29, 1.82) is 0 Å². The van der Waals surface area contributed by atoms with Crippen molar-refractivity contribution in [3.63, 3.8) is 0 Å². The number of imidazole rings is 1. The average Bonchev–Trinajstić information content (AvgIpc) is 4.41. The Labute approximate surface area is 445 Å². The van der Waals surface area contributed by atoms with Gasteiger partial charge in [-0.15, -0.1) is 24.3 Å². The smallest absolute Gasteiger partial charge is 0.268 e. The molecule has 8 heteroatoms. The van der Waals surface area contributed by atoms with Gasteiger partial charge in [-0.05, 0) is 76.1 Å². The van der Waals surface area contributed by atoms with Gasteiger partial charge in [0.05, 0.1) is 30.4 Å². The van der Waals surface area contributed by atoms with Crippen molar-refractivity contribution in [2.75, 3.05) is 18.0 Å². The van der Waals surface area contributed by atoms with Gasteiger partial charge in [-0.2, -0.15) is 12.1 Å². The van der Waals surface area contributed by atoms with Crippen LogP contribution in [0.2, 0.25) is 0 Å². The monoisotopic (exact) mass is 1120 g/mol. The Morgan fingerprint density at radius 1 is 0.556 bits per heavy atom. The van der Waals surface area contributed by atoms with Crippen molar-refractivity contribution in [3.8, 4) is 56.6 Å². The topological polar surface area (TPSA) is 44.0 Å². The third-order valence-corrected chi connectivity index (χ3v) is 13.5. The first kappa shape index (κ1) is 33.9. The van der Waals surface area contributed by atoms with Crippen molar-refractivity contribution < 1.29 is 44.1 Å². The second-order valence-corrected chi connectivity index (χ2v) is 17.5. The molecule has 0 N–H and O–H groups in total. The average molecular weight is 1120 g/mol. The molecule has 0 amide bonds. The molecule has 0 saturated carbocycles. The Hall–Kier alpha value is -8.51. The maximum atomic E-state index is 9.13. The predicted octanol–water partition coefficient (Wildman–Crippen LogP) is 14.6. The molecule has 9 aromatic carbocycles. The zero-order chi connectivity index (χ0) is 55.5. The molecule has 0 bridgehead atoms. The van der Waals surface area contributed by atoms with Gasteiger partial charge in [0.25, 0.3) is 6.33 Å². The molecule has 72 heavy (non-hydrogen) atoms. The van der Waals surface area contributed by atoms with Gasteiger partial charge in [0, 0.05) is 90.9 Å². The Morgan fingerprint density at radius 3 is 1.81 bits per heavy atom. The van der Waals surface area contributed by atoms with Crippen LogP contribution in [-0.2, 0) is 21.1 Å². The molecular formula is C64H44N6OPt-2. The SMILES string of the molecule is [2H]c1c([2H])c([2H])c(-c2cccc(-c3c([2H])c([2H])c([2H])c([2H])c3[2H])c2-[n+]2[c-]n(-c3[c-]c(Oc4[c-]c5c(cc4-n4c6ccccc6c6ccccc64)c4ccccc4n5-c4cc(N5CCCC5)ccn4)ccc3)c3ccccc32)c([2H])c1[2H].[Pt]. The summed E-state index contributed by atoms with van der Waals surface area (Å²) in [6.45, 7) is 1.96. The molecule has 0 aliphatic carbocycles. The van der Waals surface area contributed by atoms with E-state index in [4.69, 9.17) is 23.4 Å².